The highest BCUT2D eigenvalue weighted by molar-refractivity contribution is 6.33. The molecule has 1 nitrogen and oxygen atoms in total. The topological polar surface area (TPSA) is 9.23 Å². The molecule has 2 aromatic rings. The Morgan fingerprint density at radius 1 is 1.17 bits per heavy atom. The van der Waals surface area contributed by atoms with Crippen LogP contribution in [0.5, 0.6) is 5.75 Å². The molecule has 2 aromatic carbocycles. The summed E-state index contributed by atoms with van der Waals surface area (Å²) in [6.07, 6.45) is 0. The molecule has 0 aliphatic heterocycles. The van der Waals surface area contributed by atoms with E-state index >= 15 is 0 Å². The molecule has 4 heteroatoms. The molecule has 0 saturated carbocycles. The van der Waals surface area contributed by atoms with Crippen LogP contribution in [0.15, 0.2) is 36.4 Å². The fourth-order valence-electron chi connectivity index (χ4n) is 1.57. The summed E-state index contributed by atoms with van der Waals surface area (Å²) in [6, 6.07) is 13.8. The summed E-state index contributed by atoms with van der Waals surface area (Å²) in [6.45, 7) is 1.73. The van der Waals surface area contributed by atoms with Gasteiger partial charge >= 0.3 is 0 Å². The third kappa shape index (κ3) is 3.11. The van der Waals surface area contributed by atoms with Gasteiger partial charge in [0.2, 0.25) is 0 Å². The van der Waals surface area contributed by atoms with Gasteiger partial charge in [-0.2, -0.15) is 0 Å². The van der Waals surface area contributed by atoms with Gasteiger partial charge in [0.25, 0.3) is 0 Å². The number of alkyl halides is 1. The average molecular weight is 301 g/mol. The third-order valence-corrected chi connectivity index (χ3v) is 3.07. The molecule has 0 N–H and O–H groups in total. The second kappa shape index (κ2) is 5.83. The molecule has 0 bridgehead atoms. The van der Waals surface area contributed by atoms with Crippen molar-refractivity contribution >= 4 is 34.8 Å². The maximum atomic E-state index is 6.14. The van der Waals surface area contributed by atoms with Crippen molar-refractivity contribution in [3.63, 3.8) is 0 Å². The van der Waals surface area contributed by atoms with Crippen molar-refractivity contribution in [3.8, 4) is 16.9 Å². The van der Waals surface area contributed by atoms with E-state index in [2.05, 4.69) is 6.07 Å². The van der Waals surface area contributed by atoms with Gasteiger partial charge in [-0.25, -0.2) is 0 Å². The van der Waals surface area contributed by atoms with Crippen molar-refractivity contribution in [2.75, 3.05) is 0 Å². The van der Waals surface area contributed by atoms with Crippen LogP contribution in [0.3, 0.4) is 0 Å². The maximum absolute atomic E-state index is 6.14. The second-order valence-electron chi connectivity index (χ2n) is 3.71. The zero-order valence-corrected chi connectivity index (χ0v) is 11.9. The smallest absolute Gasteiger partial charge is 0.169 e. The zero-order chi connectivity index (χ0) is 13.1. The van der Waals surface area contributed by atoms with Crippen LogP contribution in [-0.2, 0) is 0 Å². The summed E-state index contributed by atoms with van der Waals surface area (Å²) < 4.78 is 5.43. The molecule has 0 amide bonds. The van der Waals surface area contributed by atoms with E-state index < -0.39 is 5.56 Å². The van der Waals surface area contributed by atoms with Gasteiger partial charge in [0.15, 0.2) is 5.56 Å². The fourth-order valence-corrected chi connectivity index (χ4v) is 2.05. The van der Waals surface area contributed by atoms with E-state index in [1.807, 2.05) is 18.2 Å². The van der Waals surface area contributed by atoms with E-state index in [0.717, 1.165) is 11.1 Å². The molecule has 18 heavy (non-hydrogen) atoms. The Hall–Kier alpha value is -0.890. The van der Waals surface area contributed by atoms with Crippen LogP contribution < -0.4 is 4.74 Å². The van der Waals surface area contributed by atoms with Crippen LogP contribution in [0.4, 0.5) is 0 Å². The molecular weight excluding hydrogens is 291 g/mol. The Morgan fingerprint density at radius 2 is 1.94 bits per heavy atom. The normalized spacial score (nSPS) is 12.2. The van der Waals surface area contributed by atoms with Crippen LogP contribution in [0.25, 0.3) is 11.1 Å². The van der Waals surface area contributed by atoms with Gasteiger partial charge < -0.3 is 4.74 Å². The summed E-state index contributed by atoms with van der Waals surface area (Å²) in [5, 5.41) is 1.17. The molecule has 0 aliphatic rings. The predicted octanol–water partition coefficient (Wildman–Crippen LogP) is 5.42. The minimum atomic E-state index is -0.449. The zero-order valence-electron chi connectivity index (χ0n) is 9.58. The minimum absolute atomic E-state index is 0.449. The van der Waals surface area contributed by atoms with E-state index in [1.54, 1.807) is 25.1 Å². The van der Waals surface area contributed by atoms with E-state index in [4.69, 9.17) is 39.5 Å². The van der Waals surface area contributed by atoms with E-state index in [0.29, 0.717) is 15.8 Å². The van der Waals surface area contributed by atoms with Crippen molar-refractivity contribution in [1.29, 1.82) is 0 Å². The molecule has 0 spiro atoms. The lowest BCUT2D eigenvalue weighted by atomic mass is 10.1. The fraction of sp³-hybridized carbons (Fsp3) is 0.143. The highest BCUT2D eigenvalue weighted by Gasteiger charge is 2.09. The van der Waals surface area contributed by atoms with Gasteiger partial charge in [0, 0.05) is 10.6 Å². The molecule has 1 unspecified atom stereocenters. The lowest BCUT2D eigenvalue weighted by Gasteiger charge is -2.12. The van der Waals surface area contributed by atoms with Crippen molar-refractivity contribution in [3.05, 3.63) is 52.5 Å². The highest BCUT2D eigenvalue weighted by atomic mass is 35.5. The number of halogens is 3. The first-order chi connectivity index (χ1) is 8.58. The molecule has 2 rings (SSSR count). The molecule has 0 heterocycles. The van der Waals surface area contributed by atoms with Gasteiger partial charge in [-0.05, 0) is 42.8 Å². The quantitative estimate of drug-likeness (QED) is 0.687. The van der Waals surface area contributed by atoms with Crippen molar-refractivity contribution in [2.24, 2.45) is 0 Å². The van der Waals surface area contributed by atoms with E-state index in [1.165, 1.54) is 0 Å². The van der Waals surface area contributed by atoms with Gasteiger partial charge in [-0.3, -0.25) is 0 Å². The van der Waals surface area contributed by atoms with Crippen molar-refractivity contribution in [1.82, 2.24) is 0 Å². The van der Waals surface area contributed by atoms with Crippen molar-refractivity contribution in [2.45, 2.75) is 12.5 Å². The summed E-state index contributed by atoms with van der Waals surface area (Å²) in [4.78, 5) is 0. The maximum Gasteiger partial charge on any atom is 0.169 e. The molecule has 93 valence electrons. The lowest BCUT2D eigenvalue weighted by Crippen LogP contribution is -2.02. The SMILES string of the molecule is CC(Cl)Oc1cc(-c2c[c]ccc2Cl)ccc1Cl. The van der Waals surface area contributed by atoms with Crippen molar-refractivity contribution < 1.29 is 4.74 Å². The molecule has 1 atom stereocenters. The lowest BCUT2D eigenvalue weighted by molar-refractivity contribution is 0.301. The first-order valence-corrected chi connectivity index (χ1v) is 6.53. The Kier molecular flexibility index (Phi) is 4.39. The van der Waals surface area contributed by atoms with Gasteiger partial charge in [-0.1, -0.05) is 46.9 Å². The van der Waals surface area contributed by atoms with E-state index in [9.17, 15) is 0 Å². The average Bonchev–Trinajstić information content (AvgIpc) is 2.32. The van der Waals surface area contributed by atoms with E-state index in [-0.39, 0.29) is 0 Å². The molecule has 0 aromatic heterocycles. The first-order valence-electron chi connectivity index (χ1n) is 5.34. The Morgan fingerprint density at radius 3 is 2.61 bits per heavy atom. The van der Waals surface area contributed by atoms with Gasteiger partial charge in [0.05, 0.1) is 5.02 Å². The first kappa shape index (κ1) is 13.5. The molecular formula is C14H10Cl3O. The van der Waals surface area contributed by atoms with Gasteiger partial charge in [0.1, 0.15) is 5.75 Å². The minimum Gasteiger partial charge on any atom is -0.473 e. The number of benzene rings is 2. The van der Waals surface area contributed by atoms with Gasteiger partial charge in [-0.15, -0.1) is 0 Å². The van der Waals surface area contributed by atoms with Crippen LogP contribution in [-0.4, -0.2) is 5.56 Å². The molecule has 1 radical (unpaired) electrons. The number of hydrogen-bond acceptors (Lipinski definition) is 1. The van der Waals surface area contributed by atoms with Crippen LogP contribution in [0, 0.1) is 6.07 Å². The summed E-state index contributed by atoms with van der Waals surface area (Å²) >= 11 is 18.0. The van der Waals surface area contributed by atoms with Crippen LogP contribution in [0.1, 0.15) is 6.92 Å². The number of rotatable bonds is 3. The Bertz CT molecular complexity index is 552. The largest absolute Gasteiger partial charge is 0.473 e. The summed E-state index contributed by atoms with van der Waals surface area (Å²) in [5.74, 6) is 0.539. The monoisotopic (exact) mass is 299 g/mol. The third-order valence-electron chi connectivity index (χ3n) is 2.34. The number of hydrogen-bond donors (Lipinski definition) is 0. The van der Waals surface area contributed by atoms with Crippen LogP contribution in [0.2, 0.25) is 10.0 Å². The predicted molar refractivity (Wildman–Crippen MR) is 76.7 cm³/mol. The second-order valence-corrected chi connectivity index (χ2v) is 5.14. The molecule has 0 aliphatic carbocycles. The summed E-state index contributed by atoms with van der Waals surface area (Å²) in [7, 11) is 0. The Balaban J connectivity index is 2.44. The standard InChI is InChI=1S/C14H10Cl3O/c1-9(15)18-14-8-10(6-7-13(14)17)11-4-2-3-5-12(11)16/h3-9H,1H3. The number of ether oxygens (including phenoxy) is 1. The summed E-state index contributed by atoms with van der Waals surface area (Å²) in [5.41, 5.74) is 1.34. The highest BCUT2D eigenvalue weighted by Crippen LogP contribution is 2.34. The van der Waals surface area contributed by atoms with Crippen LogP contribution >= 0.6 is 34.8 Å². The Labute approximate surface area is 121 Å². The molecule has 0 saturated heterocycles. The molecule has 0 fully saturated rings.